The van der Waals surface area contributed by atoms with E-state index in [1.54, 1.807) is 0 Å². The number of ether oxygens (including phenoxy) is 1. The Bertz CT molecular complexity index is 581. The van der Waals surface area contributed by atoms with Crippen LogP contribution in [-0.2, 0) is 4.79 Å². The Morgan fingerprint density at radius 1 is 1.42 bits per heavy atom. The van der Waals surface area contributed by atoms with Gasteiger partial charge in [-0.15, -0.1) is 0 Å². The Hall–Kier alpha value is -2.41. The zero-order valence-electron chi connectivity index (χ0n) is 9.62. The molecule has 0 aliphatic heterocycles. The van der Waals surface area contributed by atoms with Crippen molar-refractivity contribution in [3.8, 4) is 5.75 Å². The number of halogens is 1. The Balaban J connectivity index is 3.38. The van der Waals surface area contributed by atoms with Crippen molar-refractivity contribution in [2.45, 2.75) is 0 Å². The van der Waals surface area contributed by atoms with Crippen LogP contribution in [0.4, 0.5) is 5.69 Å². The number of benzene rings is 1. The first-order valence-corrected chi connectivity index (χ1v) is 5.22. The highest BCUT2D eigenvalue weighted by atomic mass is 35.5. The van der Waals surface area contributed by atoms with E-state index in [1.165, 1.54) is 6.07 Å². The van der Waals surface area contributed by atoms with E-state index < -0.39 is 22.4 Å². The van der Waals surface area contributed by atoms with Crippen molar-refractivity contribution >= 4 is 29.0 Å². The standard InChI is InChI=1S/C11H8ClNO6/c1-19-11-7(9(14)2-3-10(15)16)4-6(12)5-8(11)13(17)18/h2-5H,1H3,(H,15,16)/b3-2+. The number of carbonyl (C=O) groups is 2. The zero-order valence-corrected chi connectivity index (χ0v) is 10.4. The highest BCUT2D eigenvalue weighted by molar-refractivity contribution is 6.31. The summed E-state index contributed by atoms with van der Waals surface area (Å²) < 4.78 is 4.82. The first kappa shape index (κ1) is 14.7. The maximum absolute atomic E-state index is 11.7. The van der Waals surface area contributed by atoms with Gasteiger partial charge in [-0.1, -0.05) is 11.6 Å². The largest absolute Gasteiger partial charge is 0.490 e. The number of nitro benzene ring substituents is 1. The van der Waals surface area contributed by atoms with Crippen molar-refractivity contribution < 1.29 is 24.4 Å². The number of rotatable bonds is 5. The van der Waals surface area contributed by atoms with Crippen LogP contribution < -0.4 is 4.74 Å². The summed E-state index contributed by atoms with van der Waals surface area (Å²) in [5.41, 5.74) is -0.652. The van der Waals surface area contributed by atoms with Gasteiger partial charge in [0.2, 0.25) is 5.75 Å². The average molecular weight is 286 g/mol. The number of carbonyl (C=O) groups excluding carboxylic acids is 1. The van der Waals surface area contributed by atoms with Gasteiger partial charge in [0.25, 0.3) is 0 Å². The topological polar surface area (TPSA) is 107 Å². The molecule has 1 aromatic carbocycles. The first-order chi connectivity index (χ1) is 8.86. The molecule has 0 amide bonds. The van der Waals surface area contributed by atoms with Crippen LogP contribution in [0.2, 0.25) is 5.02 Å². The van der Waals surface area contributed by atoms with Crippen LogP contribution in [0.5, 0.6) is 5.75 Å². The lowest BCUT2D eigenvalue weighted by Gasteiger charge is -2.07. The third-order valence-electron chi connectivity index (χ3n) is 2.08. The second-order valence-electron chi connectivity index (χ2n) is 3.30. The van der Waals surface area contributed by atoms with Crippen molar-refractivity contribution in [1.29, 1.82) is 0 Å². The van der Waals surface area contributed by atoms with E-state index in [-0.39, 0.29) is 16.3 Å². The van der Waals surface area contributed by atoms with Gasteiger partial charge in [-0.05, 0) is 12.1 Å². The molecule has 0 aliphatic carbocycles. The quantitative estimate of drug-likeness (QED) is 0.384. The molecule has 0 aliphatic rings. The molecule has 0 bridgehead atoms. The highest BCUT2D eigenvalue weighted by Gasteiger charge is 2.23. The molecule has 0 saturated heterocycles. The lowest BCUT2D eigenvalue weighted by atomic mass is 10.1. The molecule has 8 heteroatoms. The van der Waals surface area contributed by atoms with Crippen molar-refractivity contribution in [3.63, 3.8) is 0 Å². The van der Waals surface area contributed by atoms with Crippen molar-refractivity contribution in [2.75, 3.05) is 7.11 Å². The molecule has 100 valence electrons. The number of ketones is 1. The lowest BCUT2D eigenvalue weighted by Crippen LogP contribution is -2.03. The van der Waals surface area contributed by atoms with Crippen LogP contribution in [0, 0.1) is 10.1 Å². The Labute approximate surface area is 112 Å². The number of hydrogen-bond acceptors (Lipinski definition) is 5. The Morgan fingerprint density at radius 3 is 2.53 bits per heavy atom. The fourth-order valence-corrected chi connectivity index (χ4v) is 1.56. The molecule has 0 spiro atoms. The molecule has 1 rings (SSSR count). The van der Waals surface area contributed by atoms with E-state index in [0.29, 0.717) is 6.08 Å². The number of hydrogen-bond donors (Lipinski definition) is 1. The van der Waals surface area contributed by atoms with Gasteiger partial charge in [0.15, 0.2) is 5.78 Å². The summed E-state index contributed by atoms with van der Waals surface area (Å²) in [6.07, 6.45) is 1.38. The molecule has 0 radical (unpaired) electrons. The number of carboxylic acids is 1. The number of allylic oxidation sites excluding steroid dienone is 1. The van der Waals surface area contributed by atoms with E-state index in [9.17, 15) is 19.7 Å². The molecular formula is C11H8ClNO6. The van der Waals surface area contributed by atoms with Gasteiger partial charge >= 0.3 is 11.7 Å². The van der Waals surface area contributed by atoms with Crippen LogP contribution in [0.1, 0.15) is 10.4 Å². The second kappa shape index (κ2) is 5.96. The van der Waals surface area contributed by atoms with E-state index in [2.05, 4.69) is 0 Å². The Morgan fingerprint density at radius 2 is 2.05 bits per heavy atom. The number of nitro groups is 1. The number of nitrogens with zero attached hydrogens (tertiary/aromatic N) is 1. The molecule has 1 aromatic rings. The minimum atomic E-state index is -1.32. The SMILES string of the molecule is COc1c(C(=O)/C=C/C(=O)O)cc(Cl)cc1[N+](=O)[O-]. The molecular weight excluding hydrogens is 278 g/mol. The number of methoxy groups -OCH3 is 1. The molecule has 0 saturated carbocycles. The maximum Gasteiger partial charge on any atom is 0.328 e. The van der Waals surface area contributed by atoms with E-state index in [4.69, 9.17) is 21.4 Å². The van der Waals surface area contributed by atoms with E-state index in [1.807, 2.05) is 0 Å². The van der Waals surface area contributed by atoms with Gasteiger partial charge < -0.3 is 9.84 Å². The van der Waals surface area contributed by atoms with Gasteiger partial charge in [-0.25, -0.2) is 4.79 Å². The summed E-state index contributed by atoms with van der Waals surface area (Å²) in [5, 5.41) is 19.2. The molecule has 1 N–H and O–H groups in total. The zero-order chi connectivity index (χ0) is 14.6. The van der Waals surface area contributed by atoms with Crippen molar-refractivity contribution in [2.24, 2.45) is 0 Å². The second-order valence-corrected chi connectivity index (χ2v) is 3.74. The third kappa shape index (κ3) is 3.52. The normalized spacial score (nSPS) is 10.4. The fourth-order valence-electron chi connectivity index (χ4n) is 1.35. The Kier molecular flexibility index (Phi) is 4.60. The minimum absolute atomic E-state index is 0.0282. The summed E-state index contributed by atoms with van der Waals surface area (Å²) in [6, 6.07) is 2.21. The molecule has 19 heavy (non-hydrogen) atoms. The molecule has 0 unspecified atom stereocenters. The van der Waals surface area contributed by atoms with Crippen LogP contribution in [0.3, 0.4) is 0 Å². The van der Waals surface area contributed by atoms with Crippen molar-refractivity contribution in [3.05, 3.63) is 45.0 Å². The predicted octanol–water partition coefficient (Wildman–Crippen LogP) is 2.08. The van der Waals surface area contributed by atoms with Crippen LogP contribution in [0.25, 0.3) is 0 Å². The van der Waals surface area contributed by atoms with Crippen LogP contribution >= 0.6 is 11.6 Å². The molecule has 0 heterocycles. The smallest absolute Gasteiger partial charge is 0.328 e. The fraction of sp³-hybridized carbons (Fsp3) is 0.0909. The predicted molar refractivity (Wildman–Crippen MR) is 65.8 cm³/mol. The summed E-state index contributed by atoms with van der Waals surface area (Å²) in [6.45, 7) is 0. The summed E-state index contributed by atoms with van der Waals surface area (Å²) >= 11 is 5.68. The summed E-state index contributed by atoms with van der Waals surface area (Å²) in [7, 11) is 1.16. The van der Waals surface area contributed by atoms with Gasteiger partial charge in [0.1, 0.15) is 0 Å². The lowest BCUT2D eigenvalue weighted by molar-refractivity contribution is -0.385. The molecule has 7 nitrogen and oxygen atoms in total. The maximum atomic E-state index is 11.7. The minimum Gasteiger partial charge on any atom is -0.490 e. The van der Waals surface area contributed by atoms with Gasteiger partial charge in [-0.2, -0.15) is 0 Å². The van der Waals surface area contributed by atoms with Gasteiger partial charge in [0, 0.05) is 17.2 Å². The molecule has 0 fully saturated rings. The molecule has 0 atom stereocenters. The van der Waals surface area contributed by atoms with E-state index in [0.717, 1.165) is 19.3 Å². The number of carboxylic acid groups (broad SMARTS) is 1. The average Bonchev–Trinajstić information content (AvgIpc) is 2.34. The van der Waals surface area contributed by atoms with Crippen LogP contribution in [0.15, 0.2) is 24.3 Å². The first-order valence-electron chi connectivity index (χ1n) is 4.84. The number of aliphatic carboxylic acids is 1. The van der Waals surface area contributed by atoms with Crippen molar-refractivity contribution in [1.82, 2.24) is 0 Å². The van der Waals surface area contributed by atoms with Crippen LogP contribution in [-0.4, -0.2) is 28.9 Å². The summed E-state index contributed by atoms with van der Waals surface area (Å²) in [5.74, 6) is -2.34. The summed E-state index contributed by atoms with van der Waals surface area (Å²) in [4.78, 5) is 32.1. The van der Waals surface area contributed by atoms with Gasteiger partial charge in [0.05, 0.1) is 17.6 Å². The molecule has 0 aromatic heterocycles. The highest BCUT2D eigenvalue weighted by Crippen LogP contribution is 2.34. The van der Waals surface area contributed by atoms with Gasteiger partial charge in [-0.3, -0.25) is 14.9 Å². The van der Waals surface area contributed by atoms with E-state index >= 15 is 0 Å². The third-order valence-corrected chi connectivity index (χ3v) is 2.30. The monoisotopic (exact) mass is 285 g/mol.